The molecule has 0 aromatic heterocycles. The van der Waals surface area contributed by atoms with Crippen LogP contribution in [0.2, 0.25) is 0 Å². The summed E-state index contributed by atoms with van der Waals surface area (Å²) in [6.07, 6.45) is -9.40. The first-order valence-corrected chi connectivity index (χ1v) is 9.22. The molecule has 11 nitrogen and oxygen atoms in total. The largest absolute Gasteiger partial charge is 0.467 e. The first-order valence-electron chi connectivity index (χ1n) is 9.22. The van der Waals surface area contributed by atoms with Crippen LogP contribution in [0.25, 0.3) is 0 Å². The zero-order chi connectivity index (χ0) is 22.2. The molecule has 1 aromatic carbocycles. The summed E-state index contributed by atoms with van der Waals surface area (Å²) in [7, 11) is 1.01. The number of aliphatic hydroxyl groups is 3. The minimum atomic E-state index is -1.95. The molecule has 0 saturated carbocycles. The van der Waals surface area contributed by atoms with E-state index >= 15 is 0 Å². The fourth-order valence-corrected chi connectivity index (χ4v) is 3.77. The zero-order valence-corrected chi connectivity index (χ0v) is 16.2. The molecule has 0 unspecified atom stereocenters. The van der Waals surface area contributed by atoms with Crippen molar-refractivity contribution < 1.29 is 44.0 Å². The highest BCUT2D eigenvalue weighted by Gasteiger charge is 2.59. The monoisotopic (exact) mass is 422 g/mol. The SMILES string of the molecule is CC[C@@]1(c2ccccc2)C(=O)NC(=O)N([C@@H]2O[C@H](C(=O)OC)[C@@H](O)[C@H](O)[C@H]2O)C1=O. The predicted molar refractivity (Wildman–Crippen MR) is 97.5 cm³/mol. The van der Waals surface area contributed by atoms with Gasteiger partial charge in [-0.1, -0.05) is 37.3 Å². The Morgan fingerprint density at radius 1 is 1.13 bits per heavy atom. The number of nitrogens with one attached hydrogen (secondary N) is 1. The van der Waals surface area contributed by atoms with Gasteiger partial charge in [0.2, 0.25) is 5.91 Å². The average molecular weight is 422 g/mol. The number of ether oxygens (including phenoxy) is 2. The molecule has 30 heavy (non-hydrogen) atoms. The zero-order valence-electron chi connectivity index (χ0n) is 16.2. The molecule has 0 aliphatic carbocycles. The number of methoxy groups -OCH3 is 1. The molecule has 0 spiro atoms. The molecule has 2 saturated heterocycles. The molecule has 2 heterocycles. The van der Waals surface area contributed by atoms with E-state index in [0.29, 0.717) is 10.5 Å². The molecule has 6 atom stereocenters. The summed E-state index contributed by atoms with van der Waals surface area (Å²) in [6.45, 7) is 1.58. The number of amides is 4. The number of urea groups is 1. The van der Waals surface area contributed by atoms with Crippen molar-refractivity contribution in [2.75, 3.05) is 7.11 Å². The molecule has 0 radical (unpaired) electrons. The van der Waals surface area contributed by atoms with E-state index in [0.717, 1.165) is 7.11 Å². The quantitative estimate of drug-likeness (QED) is 0.330. The van der Waals surface area contributed by atoms with Gasteiger partial charge in [0.05, 0.1) is 7.11 Å². The Morgan fingerprint density at radius 3 is 2.33 bits per heavy atom. The number of carbonyl (C=O) groups excluding carboxylic acids is 4. The van der Waals surface area contributed by atoms with E-state index in [4.69, 9.17) is 4.74 Å². The van der Waals surface area contributed by atoms with Crippen LogP contribution >= 0.6 is 0 Å². The standard InChI is InChI=1S/C19H22N2O9/c1-3-19(9-7-5-4-6-8-9)16(26)20-18(28)21(17(19)27)14-12(24)10(22)11(23)13(30-14)15(25)29-2/h4-8,10-14,22-24H,3H2,1-2H3,(H,20,26,28)/t10-,11-,12+,13-,14+,19+/m0/s1. The number of benzene rings is 1. The van der Waals surface area contributed by atoms with E-state index in [1.807, 2.05) is 0 Å². The van der Waals surface area contributed by atoms with E-state index in [1.54, 1.807) is 37.3 Å². The van der Waals surface area contributed by atoms with Gasteiger partial charge in [0.15, 0.2) is 17.7 Å². The van der Waals surface area contributed by atoms with Crippen molar-refractivity contribution in [2.45, 2.75) is 49.4 Å². The molecule has 2 aliphatic rings. The van der Waals surface area contributed by atoms with Crippen LogP contribution in [0.4, 0.5) is 4.79 Å². The number of imide groups is 2. The Morgan fingerprint density at radius 2 is 1.77 bits per heavy atom. The Kier molecular flexibility index (Phi) is 5.90. The summed E-state index contributed by atoms with van der Waals surface area (Å²) in [6, 6.07) is 6.82. The Hall–Kier alpha value is -2.86. The second kappa shape index (κ2) is 8.11. The molecule has 3 rings (SSSR count). The van der Waals surface area contributed by atoms with Crippen LogP contribution in [-0.4, -0.2) is 81.8 Å². The summed E-state index contributed by atoms with van der Waals surface area (Å²) in [4.78, 5) is 51.2. The molecule has 11 heteroatoms. The van der Waals surface area contributed by atoms with E-state index in [1.165, 1.54) is 0 Å². The summed E-state index contributed by atoms with van der Waals surface area (Å²) in [5, 5.41) is 32.7. The lowest BCUT2D eigenvalue weighted by molar-refractivity contribution is -0.253. The number of nitrogens with zero attached hydrogens (tertiary/aromatic N) is 1. The maximum atomic E-state index is 13.5. The molecular weight excluding hydrogens is 400 g/mol. The maximum absolute atomic E-state index is 13.5. The van der Waals surface area contributed by atoms with Crippen molar-refractivity contribution in [3.63, 3.8) is 0 Å². The van der Waals surface area contributed by atoms with E-state index in [2.05, 4.69) is 10.1 Å². The van der Waals surface area contributed by atoms with Gasteiger partial charge in [0, 0.05) is 0 Å². The van der Waals surface area contributed by atoms with Crippen molar-refractivity contribution in [3.05, 3.63) is 35.9 Å². The first-order chi connectivity index (χ1) is 14.2. The molecule has 0 bridgehead atoms. The first kappa shape index (κ1) is 21.8. The summed E-state index contributed by atoms with van der Waals surface area (Å²) in [5.41, 5.74) is -1.50. The lowest BCUT2D eigenvalue weighted by Crippen LogP contribution is -2.73. The lowest BCUT2D eigenvalue weighted by atomic mass is 9.74. The average Bonchev–Trinajstić information content (AvgIpc) is 2.74. The topological polar surface area (TPSA) is 163 Å². The van der Waals surface area contributed by atoms with Crippen LogP contribution < -0.4 is 5.32 Å². The van der Waals surface area contributed by atoms with Crippen LogP contribution in [0, 0.1) is 0 Å². The van der Waals surface area contributed by atoms with Crippen molar-refractivity contribution in [1.29, 1.82) is 0 Å². The van der Waals surface area contributed by atoms with Crippen LogP contribution in [0.3, 0.4) is 0 Å². The van der Waals surface area contributed by atoms with E-state index < -0.39 is 59.9 Å². The number of barbiturate groups is 1. The molecule has 4 amide bonds. The summed E-state index contributed by atoms with van der Waals surface area (Å²) < 4.78 is 9.83. The number of carbonyl (C=O) groups is 4. The van der Waals surface area contributed by atoms with Gasteiger partial charge in [-0.2, -0.15) is 0 Å². The van der Waals surface area contributed by atoms with Crippen LogP contribution in [0.1, 0.15) is 18.9 Å². The van der Waals surface area contributed by atoms with Crippen molar-refractivity contribution in [2.24, 2.45) is 0 Å². The third-order valence-corrected chi connectivity index (χ3v) is 5.48. The van der Waals surface area contributed by atoms with Gasteiger partial charge in [0.1, 0.15) is 18.3 Å². The molecule has 4 N–H and O–H groups in total. The maximum Gasteiger partial charge on any atom is 0.337 e. The predicted octanol–water partition coefficient (Wildman–Crippen LogP) is -1.61. The summed E-state index contributed by atoms with van der Waals surface area (Å²) >= 11 is 0. The third-order valence-electron chi connectivity index (χ3n) is 5.48. The molecule has 2 fully saturated rings. The molecule has 162 valence electrons. The van der Waals surface area contributed by atoms with E-state index in [9.17, 15) is 34.5 Å². The van der Waals surface area contributed by atoms with Gasteiger partial charge in [-0.25, -0.2) is 14.5 Å². The number of rotatable bonds is 4. The fraction of sp³-hybridized carbons (Fsp3) is 0.474. The lowest BCUT2D eigenvalue weighted by Gasteiger charge is -2.47. The van der Waals surface area contributed by atoms with Gasteiger partial charge in [-0.05, 0) is 12.0 Å². The highest BCUT2D eigenvalue weighted by Crippen LogP contribution is 2.36. The number of hydrogen-bond acceptors (Lipinski definition) is 9. The van der Waals surface area contributed by atoms with Crippen LogP contribution in [-0.2, 0) is 29.3 Å². The third kappa shape index (κ3) is 3.16. The number of esters is 1. The van der Waals surface area contributed by atoms with E-state index in [-0.39, 0.29) is 6.42 Å². The van der Waals surface area contributed by atoms with Gasteiger partial charge >= 0.3 is 12.0 Å². The normalized spacial score (nSPS) is 34.5. The second-order valence-electron chi connectivity index (χ2n) is 7.00. The highest BCUT2D eigenvalue weighted by atomic mass is 16.6. The Labute approximate surface area is 171 Å². The fourth-order valence-electron chi connectivity index (χ4n) is 3.77. The van der Waals surface area contributed by atoms with Crippen molar-refractivity contribution in [1.82, 2.24) is 10.2 Å². The van der Waals surface area contributed by atoms with Gasteiger partial charge in [-0.15, -0.1) is 0 Å². The molecule has 2 aliphatic heterocycles. The molecular formula is C19H22N2O9. The van der Waals surface area contributed by atoms with Gasteiger partial charge < -0.3 is 24.8 Å². The highest BCUT2D eigenvalue weighted by molar-refractivity contribution is 6.23. The number of aliphatic hydroxyl groups excluding tert-OH is 3. The van der Waals surface area contributed by atoms with Crippen LogP contribution in [0.5, 0.6) is 0 Å². The van der Waals surface area contributed by atoms with Gasteiger partial charge in [0.25, 0.3) is 5.91 Å². The Bertz CT molecular complexity index is 861. The van der Waals surface area contributed by atoms with Gasteiger partial charge in [-0.3, -0.25) is 14.9 Å². The Balaban J connectivity index is 2.06. The van der Waals surface area contributed by atoms with Crippen LogP contribution in [0.15, 0.2) is 30.3 Å². The smallest absolute Gasteiger partial charge is 0.337 e. The van der Waals surface area contributed by atoms with Crippen molar-refractivity contribution in [3.8, 4) is 0 Å². The van der Waals surface area contributed by atoms with Crippen molar-refractivity contribution >= 4 is 23.8 Å². The minimum absolute atomic E-state index is 0.0279. The second-order valence-corrected chi connectivity index (χ2v) is 7.00. The summed E-state index contributed by atoms with van der Waals surface area (Å²) in [5.74, 6) is -2.93. The minimum Gasteiger partial charge on any atom is -0.467 e. The molecule has 1 aromatic rings. The number of hydrogen-bond donors (Lipinski definition) is 4.